The Bertz CT molecular complexity index is 549. The van der Waals surface area contributed by atoms with Crippen LogP contribution in [0, 0.1) is 5.92 Å². The third-order valence-electron chi connectivity index (χ3n) is 4.86. The van der Waals surface area contributed by atoms with E-state index in [9.17, 15) is 9.90 Å². The molecule has 3 nitrogen and oxygen atoms in total. The molecule has 1 aromatic rings. The fraction of sp³-hybridized carbons (Fsp3) is 0.562. The summed E-state index contributed by atoms with van der Waals surface area (Å²) >= 11 is 12.0. The van der Waals surface area contributed by atoms with Gasteiger partial charge in [0.2, 0.25) is 0 Å². The summed E-state index contributed by atoms with van der Waals surface area (Å²) in [7, 11) is 0. The van der Waals surface area contributed by atoms with Gasteiger partial charge in [0.05, 0.1) is 10.0 Å². The number of halogens is 2. The molecule has 0 bridgehead atoms. The molecule has 0 spiro atoms. The lowest BCUT2D eigenvalue weighted by molar-refractivity contribution is -0.142. The second-order valence-electron chi connectivity index (χ2n) is 6.12. The average Bonchev–Trinajstić information content (AvgIpc) is 2.82. The highest BCUT2D eigenvalue weighted by atomic mass is 35.5. The molecule has 2 aliphatic rings. The molecule has 21 heavy (non-hydrogen) atoms. The Labute approximate surface area is 134 Å². The minimum absolute atomic E-state index is 0.368. The predicted octanol–water partition coefficient (Wildman–Crippen LogP) is 4.21. The summed E-state index contributed by atoms with van der Waals surface area (Å²) in [5.41, 5.74) is 1.03. The van der Waals surface area contributed by atoms with Crippen molar-refractivity contribution in [3.05, 3.63) is 33.8 Å². The van der Waals surface area contributed by atoms with Crippen LogP contribution < -0.4 is 0 Å². The smallest absolute Gasteiger partial charge is 0.320 e. The molecule has 3 rings (SSSR count). The predicted molar refractivity (Wildman–Crippen MR) is 83.8 cm³/mol. The van der Waals surface area contributed by atoms with Gasteiger partial charge in [0.25, 0.3) is 0 Å². The van der Waals surface area contributed by atoms with Crippen LogP contribution in [0.1, 0.15) is 37.7 Å². The maximum Gasteiger partial charge on any atom is 0.320 e. The molecule has 2 fully saturated rings. The standard InChI is InChI=1S/C16H19Cl2NO2/c17-12-6-5-10(7-13(12)18)9-19-14-4-2-1-3-11(14)8-15(19)16(20)21/h5-7,11,14-15H,1-4,8-9H2,(H,20,21)/t11-,14-,15+/m1/s1. The Morgan fingerprint density at radius 1 is 1.24 bits per heavy atom. The van der Waals surface area contributed by atoms with Gasteiger partial charge in [-0.2, -0.15) is 0 Å². The first-order valence-corrected chi connectivity index (χ1v) is 8.24. The van der Waals surface area contributed by atoms with Crippen molar-refractivity contribution in [3.8, 4) is 0 Å². The fourth-order valence-corrected chi connectivity index (χ4v) is 4.19. The van der Waals surface area contributed by atoms with E-state index in [1.54, 1.807) is 6.07 Å². The van der Waals surface area contributed by atoms with E-state index in [2.05, 4.69) is 4.90 Å². The summed E-state index contributed by atoms with van der Waals surface area (Å²) in [6.45, 7) is 0.634. The van der Waals surface area contributed by atoms with Crippen molar-refractivity contribution >= 4 is 29.2 Å². The zero-order chi connectivity index (χ0) is 15.0. The van der Waals surface area contributed by atoms with Crippen molar-refractivity contribution in [2.75, 3.05) is 0 Å². The van der Waals surface area contributed by atoms with Crippen molar-refractivity contribution < 1.29 is 9.90 Å². The van der Waals surface area contributed by atoms with Crippen LogP contribution in [-0.4, -0.2) is 28.1 Å². The SMILES string of the molecule is O=C(O)[C@@H]1C[C@H]2CCCC[C@H]2N1Cc1ccc(Cl)c(Cl)c1. The van der Waals surface area contributed by atoms with Crippen molar-refractivity contribution in [1.29, 1.82) is 0 Å². The summed E-state index contributed by atoms with van der Waals surface area (Å²) in [6, 6.07) is 5.59. The number of nitrogens with zero attached hydrogens (tertiary/aromatic N) is 1. The van der Waals surface area contributed by atoms with E-state index < -0.39 is 5.97 Å². The lowest BCUT2D eigenvalue weighted by Crippen LogP contribution is -2.41. The van der Waals surface area contributed by atoms with E-state index in [1.165, 1.54) is 12.8 Å². The van der Waals surface area contributed by atoms with Gasteiger partial charge in [-0.3, -0.25) is 9.69 Å². The molecule has 0 aromatic heterocycles. The Balaban J connectivity index is 1.82. The van der Waals surface area contributed by atoms with Crippen molar-refractivity contribution in [2.45, 2.75) is 50.7 Å². The summed E-state index contributed by atoms with van der Waals surface area (Å²) in [5.74, 6) is -0.174. The van der Waals surface area contributed by atoms with Crippen LogP contribution in [0.3, 0.4) is 0 Å². The molecule has 1 N–H and O–H groups in total. The van der Waals surface area contributed by atoms with Gasteiger partial charge in [-0.15, -0.1) is 0 Å². The number of likely N-dealkylation sites (tertiary alicyclic amines) is 1. The number of fused-ring (bicyclic) bond motifs is 1. The Kier molecular flexibility index (Phi) is 4.43. The molecule has 1 aliphatic heterocycles. The van der Waals surface area contributed by atoms with Crippen LogP contribution in [0.5, 0.6) is 0 Å². The molecule has 1 saturated heterocycles. The van der Waals surface area contributed by atoms with Crippen LogP contribution in [0.4, 0.5) is 0 Å². The van der Waals surface area contributed by atoms with Crippen LogP contribution in [0.2, 0.25) is 10.0 Å². The van der Waals surface area contributed by atoms with Gasteiger partial charge in [-0.1, -0.05) is 42.1 Å². The lowest BCUT2D eigenvalue weighted by atomic mass is 9.84. The van der Waals surface area contributed by atoms with Crippen molar-refractivity contribution in [1.82, 2.24) is 4.90 Å². The third-order valence-corrected chi connectivity index (χ3v) is 5.59. The van der Waals surface area contributed by atoms with Gasteiger partial charge >= 0.3 is 5.97 Å². The maximum absolute atomic E-state index is 11.6. The number of carboxylic acid groups (broad SMARTS) is 1. The van der Waals surface area contributed by atoms with Gasteiger partial charge in [-0.25, -0.2) is 0 Å². The highest BCUT2D eigenvalue weighted by Gasteiger charge is 2.44. The molecule has 1 saturated carbocycles. The molecule has 1 aromatic carbocycles. The number of carbonyl (C=O) groups is 1. The quantitative estimate of drug-likeness (QED) is 0.903. The van der Waals surface area contributed by atoms with E-state index in [1.807, 2.05) is 12.1 Å². The molecule has 1 aliphatic carbocycles. The highest BCUT2D eigenvalue weighted by molar-refractivity contribution is 6.42. The summed E-state index contributed by atoms with van der Waals surface area (Å²) in [4.78, 5) is 13.7. The Hall–Kier alpha value is -0.770. The lowest BCUT2D eigenvalue weighted by Gasteiger charge is -2.33. The fourth-order valence-electron chi connectivity index (χ4n) is 3.87. The van der Waals surface area contributed by atoms with Crippen LogP contribution in [0.15, 0.2) is 18.2 Å². The van der Waals surface area contributed by atoms with Gasteiger partial charge < -0.3 is 5.11 Å². The summed E-state index contributed by atoms with van der Waals surface area (Å²) in [6.07, 6.45) is 5.48. The van der Waals surface area contributed by atoms with Gasteiger partial charge in [0, 0.05) is 12.6 Å². The van der Waals surface area contributed by atoms with E-state index >= 15 is 0 Å². The topological polar surface area (TPSA) is 40.5 Å². The molecule has 5 heteroatoms. The van der Waals surface area contributed by atoms with Gasteiger partial charge in [0.15, 0.2) is 0 Å². The zero-order valence-corrected chi connectivity index (χ0v) is 13.3. The molecule has 114 valence electrons. The minimum atomic E-state index is -0.704. The number of rotatable bonds is 3. The Morgan fingerprint density at radius 3 is 2.71 bits per heavy atom. The van der Waals surface area contributed by atoms with E-state index in [0.29, 0.717) is 28.5 Å². The number of hydrogen-bond acceptors (Lipinski definition) is 2. The molecule has 0 amide bonds. The first-order chi connectivity index (χ1) is 10.1. The maximum atomic E-state index is 11.6. The van der Waals surface area contributed by atoms with Crippen LogP contribution in [-0.2, 0) is 11.3 Å². The van der Waals surface area contributed by atoms with E-state index in [0.717, 1.165) is 24.8 Å². The first-order valence-electron chi connectivity index (χ1n) is 7.48. The second kappa shape index (κ2) is 6.15. The first kappa shape index (κ1) is 15.1. The molecular formula is C16H19Cl2NO2. The van der Waals surface area contributed by atoms with E-state index in [-0.39, 0.29) is 6.04 Å². The number of benzene rings is 1. The van der Waals surface area contributed by atoms with Crippen molar-refractivity contribution in [3.63, 3.8) is 0 Å². The normalized spacial score (nSPS) is 29.3. The molecule has 0 unspecified atom stereocenters. The number of carboxylic acids is 1. The number of hydrogen-bond donors (Lipinski definition) is 1. The molecular weight excluding hydrogens is 309 g/mol. The average molecular weight is 328 g/mol. The van der Waals surface area contributed by atoms with Gasteiger partial charge in [-0.05, 0) is 42.9 Å². The second-order valence-corrected chi connectivity index (χ2v) is 6.94. The van der Waals surface area contributed by atoms with Crippen molar-refractivity contribution in [2.24, 2.45) is 5.92 Å². The zero-order valence-electron chi connectivity index (χ0n) is 11.8. The molecule has 3 atom stereocenters. The van der Waals surface area contributed by atoms with Gasteiger partial charge in [0.1, 0.15) is 6.04 Å². The number of aliphatic carboxylic acids is 1. The minimum Gasteiger partial charge on any atom is -0.480 e. The Morgan fingerprint density at radius 2 is 2.00 bits per heavy atom. The monoisotopic (exact) mass is 327 g/mol. The largest absolute Gasteiger partial charge is 0.480 e. The highest BCUT2D eigenvalue weighted by Crippen LogP contribution is 2.40. The summed E-state index contributed by atoms with van der Waals surface area (Å²) in [5, 5.41) is 10.6. The molecule has 1 heterocycles. The van der Waals surface area contributed by atoms with Crippen LogP contribution >= 0.6 is 23.2 Å². The third kappa shape index (κ3) is 3.05. The van der Waals surface area contributed by atoms with E-state index in [4.69, 9.17) is 23.2 Å². The molecule has 0 radical (unpaired) electrons. The van der Waals surface area contributed by atoms with Crippen LogP contribution in [0.25, 0.3) is 0 Å². The summed E-state index contributed by atoms with van der Waals surface area (Å²) < 4.78 is 0.